The molecule has 0 amide bonds. The van der Waals surface area contributed by atoms with Gasteiger partial charge in [-0.3, -0.25) is 0 Å². The number of benzene rings is 4. The summed E-state index contributed by atoms with van der Waals surface area (Å²) in [6.45, 7) is 4.28. The van der Waals surface area contributed by atoms with Crippen molar-refractivity contribution in [3.63, 3.8) is 0 Å². The zero-order valence-electron chi connectivity index (χ0n) is 15.9. The minimum absolute atomic E-state index is 0.248. The van der Waals surface area contributed by atoms with Gasteiger partial charge >= 0.3 is 0 Å². The third kappa shape index (κ3) is 3.85. The molecule has 27 heavy (non-hydrogen) atoms. The summed E-state index contributed by atoms with van der Waals surface area (Å²) >= 11 is 0. The van der Waals surface area contributed by atoms with Crippen LogP contribution in [0.2, 0.25) is 0 Å². The van der Waals surface area contributed by atoms with Crippen molar-refractivity contribution < 1.29 is 0 Å². The maximum absolute atomic E-state index is 2.30. The summed E-state index contributed by atoms with van der Waals surface area (Å²) in [5.74, 6) is 0.248. The van der Waals surface area contributed by atoms with Crippen molar-refractivity contribution in [2.45, 2.75) is 19.8 Å². The molecular formula is C27H24. The molecule has 0 heterocycles. The minimum Gasteiger partial charge on any atom is -0.0622 e. The summed E-state index contributed by atoms with van der Waals surface area (Å²) in [6.07, 6.45) is 0. The predicted molar refractivity (Wildman–Crippen MR) is 115 cm³/mol. The molecule has 1 atom stereocenters. The molecule has 132 valence electrons. The van der Waals surface area contributed by atoms with Gasteiger partial charge in [0.2, 0.25) is 0 Å². The van der Waals surface area contributed by atoms with Gasteiger partial charge in [0, 0.05) is 5.92 Å². The van der Waals surface area contributed by atoms with Crippen molar-refractivity contribution in [2.75, 3.05) is 0 Å². The third-order valence-electron chi connectivity index (χ3n) is 5.14. The minimum atomic E-state index is 0.248. The van der Waals surface area contributed by atoms with E-state index in [1.807, 2.05) is 0 Å². The first-order valence-corrected chi connectivity index (χ1v) is 9.49. The maximum atomic E-state index is 2.30. The number of rotatable bonds is 4. The van der Waals surface area contributed by atoms with Gasteiger partial charge in [-0.25, -0.2) is 0 Å². The Morgan fingerprint density at radius 1 is 0.444 bits per heavy atom. The van der Waals surface area contributed by atoms with Crippen LogP contribution in [0.25, 0.3) is 11.1 Å². The lowest BCUT2D eigenvalue weighted by Crippen LogP contribution is -2.03. The smallest absolute Gasteiger partial charge is 0.0340 e. The zero-order valence-corrected chi connectivity index (χ0v) is 15.9. The van der Waals surface area contributed by atoms with Crippen LogP contribution in [0.5, 0.6) is 0 Å². The molecule has 0 aromatic heterocycles. The molecule has 4 rings (SSSR count). The maximum Gasteiger partial charge on any atom is 0.0340 e. The van der Waals surface area contributed by atoms with E-state index in [1.54, 1.807) is 0 Å². The van der Waals surface area contributed by atoms with Gasteiger partial charge in [-0.15, -0.1) is 0 Å². The van der Waals surface area contributed by atoms with Gasteiger partial charge < -0.3 is 0 Å². The highest BCUT2D eigenvalue weighted by atomic mass is 14.2. The van der Waals surface area contributed by atoms with Gasteiger partial charge in [-0.05, 0) is 41.7 Å². The quantitative estimate of drug-likeness (QED) is 0.343. The summed E-state index contributed by atoms with van der Waals surface area (Å²) in [6, 6.07) is 37.4. The summed E-state index contributed by atoms with van der Waals surface area (Å²) in [5.41, 5.74) is 9.09. The highest BCUT2D eigenvalue weighted by Crippen LogP contribution is 2.33. The van der Waals surface area contributed by atoms with Gasteiger partial charge in [0.1, 0.15) is 0 Å². The number of hydrogen-bond donors (Lipinski definition) is 0. The SMILES string of the molecule is Cc1ccc(-c2ccc(C(c3ccccc3)c3cccc(C)c3)cc2)cc1. The van der Waals surface area contributed by atoms with E-state index in [4.69, 9.17) is 0 Å². The van der Waals surface area contributed by atoms with Crippen LogP contribution in [0.3, 0.4) is 0 Å². The molecule has 0 heteroatoms. The second-order valence-corrected chi connectivity index (χ2v) is 7.25. The Labute approximate surface area is 162 Å². The van der Waals surface area contributed by atoms with Crippen LogP contribution in [0.4, 0.5) is 0 Å². The fourth-order valence-corrected chi connectivity index (χ4v) is 3.69. The average molecular weight is 348 g/mol. The standard InChI is InChI=1S/C27H24/c1-20-11-13-22(14-12-20)23-15-17-25(18-16-23)27(24-8-4-3-5-9-24)26-10-6-7-21(2)19-26/h3-19,27H,1-2H3. The second-order valence-electron chi connectivity index (χ2n) is 7.25. The fourth-order valence-electron chi connectivity index (χ4n) is 3.69. The monoisotopic (exact) mass is 348 g/mol. The molecule has 1 unspecified atom stereocenters. The van der Waals surface area contributed by atoms with Crippen LogP contribution < -0.4 is 0 Å². The lowest BCUT2D eigenvalue weighted by atomic mass is 9.84. The van der Waals surface area contributed by atoms with Gasteiger partial charge in [-0.2, -0.15) is 0 Å². The lowest BCUT2D eigenvalue weighted by Gasteiger charge is -2.20. The molecule has 0 saturated carbocycles. The molecule has 4 aromatic rings. The molecule has 0 saturated heterocycles. The Hall–Kier alpha value is -3.12. The van der Waals surface area contributed by atoms with E-state index in [2.05, 4.69) is 117 Å². The second kappa shape index (κ2) is 7.63. The Morgan fingerprint density at radius 3 is 1.63 bits per heavy atom. The zero-order chi connectivity index (χ0) is 18.6. The summed E-state index contributed by atoms with van der Waals surface area (Å²) in [4.78, 5) is 0. The Morgan fingerprint density at radius 2 is 1.00 bits per heavy atom. The van der Waals surface area contributed by atoms with Crippen LogP contribution in [0.1, 0.15) is 33.7 Å². The first-order valence-electron chi connectivity index (χ1n) is 9.49. The van der Waals surface area contributed by atoms with Crippen molar-refractivity contribution in [2.24, 2.45) is 0 Å². The molecule has 4 aromatic carbocycles. The Balaban J connectivity index is 1.75. The van der Waals surface area contributed by atoms with E-state index >= 15 is 0 Å². The van der Waals surface area contributed by atoms with Crippen molar-refractivity contribution >= 4 is 0 Å². The molecule has 0 spiro atoms. The average Bonchev–Trinajstić information content (AvgIpc) is 2.70. The molecule has 0 nitrogen and oxygen atoms in total. The molecule has 0 N–H and O–H groups in total. The van der Waals surface area contributed by atoms with E-state index in [1.165, 1.54) is 38.9 Å². The van der Waals surface area contributed by atoms with E-state index < -0.39 is 0 Å². The normalized spacial score (nSPS) is 11.9. The molecular weight excluding hydrogens is 324 g/mol. The third-order valence-corrected chi connectivity index (χ3v) is 5.14. The fraction of sp³-hybridized carbons (Fsp3) is 0.111. The highest BCUT2D eigenvalue weighted by molar-refractivity contribution is 5.64. The van der Waals surface area contributed by atoms with Crippen molar-refractivity contribution in [1.29, 1.82) is 0 Å². The van der Waals surface area contributed by atoms with Crippen molar-refractivity contribution in [1.82, 2.24) is 0 Å². The van der Waals surface area contributed by atoms with Crippen LogP contribution >= 0.6 is 0 Å². The van der Waals surface area contributed by atoms with Crippen LogP contribution in [-0.2, 0) is 0 Å². The van der Waals surface area contributed by atoms with E-state index in [0.29, 0.717) is 0 Å². The van der Waals surface area contributed by atoms with E-state index in [0.717, 1.165) is 0 Å². The molecule has 0 radical (unpaired) electrons. The van der Waals surface area contributed by atoms with Gasteiger partial charge in [-0.1, -0.05) is 114 Å². The predicted octanol–water partition coefficient (Wildman–Crippen LogP) is 7.15. The first kappa shape index (κ1) is 17.3. The van der Waals surface area contributed by atoms with Gasteiger partial charge in [0.15, 0.2) is 0 Å². The molecule has 0 bridgehead atoms. The molecule has 0 aliphatic rings. The number of hydrogen-bond acceptors (Lipinski definition) is 0. The van der Waals surface area contributed by atoms with Crippen LogP contribution in [0.15, 0.2) is 103 Å². The molecule has 0 aliphatic heterocycles. The summed E-state index contributed by atoms with van der Waals surface area (Å²) < 4.78 is 0. The topological polar surface area (TPSA) is 0 Å². The largest absolute Gasteiger partial charge is 0.0622 e. The van der Waals surface area contributed by atoms with Crippen LogP contribution in [0, 0.1) is 13.8 Å². The highest BCUT2D eigenvalue weighted by Gasteiger charge is 2.16. The Kier molecular flexibility index (Phi) is 4.89. The first-order chi connectivity index (χ1) is 13.2. The Bertz CT molecular complexity index is 1010. The summed E-state index contributed by atoms with van der Waals surface area (Å²) in [5, 5.41) is 0. The van der Waals surface area contributed by atoms with Gasteiger partial charge in [0.05, 0.1) is 0 Å². The van der Waals surface area contributed by atoms with Gasteiger partial charge in [0.25, 0.3) is 0 Å². The van der Waals surface area contributed by atoms with E-state index in [-0.39, 0.29) is 5.92 Å². The molecule has 0 fully saturated rings. The molecule has 0 aliphatic carbocycles. The van der Waals surface area contributed by atoms with Crippen molar-refractivity contribution in [3.05, 3.63) is 131 Å². The number of aryl methyl sites for hydroxylation is 2. The lowest BCUT2D eigenvalue weighted by molar-refractivity contribution is 0.975. The van der Waals surface area contributed by atoms with E-state index in [9.17, 15) is 0 Å². The van der Waals surface area contributed by atoms with Crippen LogP contribution in [-0.4, -0.2) is 0 Å². The summed E-state index contributed by atoms with van der Waals surface area (Å²) in [7, 11) is 0. The van der Waals surface area contributed by atoms with Crippen molar-refractivity contribution in [3.8, 4) is 11.1 Å².